The van der Waals surface area contributed by atoms with E-state index in [1.54, 1.807) is 24.0 Å². The lowest BCUT2D eigenvalue weighted by atomic mass is 10.0. The van der Waals surface area contributed by atoms with Crippen molar-refractivity contribution in [3.63, 3.8) is 0 Å². The number of nitro benzene ring substituents is 1. The topological polar surface area (TPSA) is 75.5 Å². The Balaban J connectivity index is 0.00000200. The fourth-order valence-corrected chi connectivity index (χ4v) is 2.35. The van der Waals surface area contributed by atoms with E-state index in [4.69, 9.17) is 0 Å². The average molecular weight is 300 g/mol. The molecule has 7 heteroatoms. The number of hydrogen-bond donors (Lipinski definition) is 1. The zero-order valence-electron chi connectivity index (χ0n) is 11.5. The van der Waals surface area contributed by atoms with Crippen molar-refractivity contribution in [1.82, 2.24) is 10.2 Å². The van der Waals surface area contributed by atoms with Crippen LogP contribution in [-0.4, -0.2) is 41.4 Å². The molecule has 1 fully saturated rings. The van der Waals surface area contributed by atoms with Gasteiger partial charge in [-0.05, 0) is 19.9 Å². The molecule has 1 amide bonds. The van der Waals surface area contributed by atoms with Gasteiger partial charge in [-0.25, -0.2) is 0 Å². The quantitative estimate of drug-likeness (QED) is 0.667. The summed E-state index contributed by atoms with van der Waals surface area (Å²) >= 11 is 0. The van der Waals surface area contributed by atoms with Gasteiger partial charge < -0.3 is 10.2 Å². The lowest BCUT2D eigenvalue weighted by Crippen LogP contribution is -2.52. The number of nitrogens with one attached hydrogen (secondary N) is 1. The molecule has 2 rings (SSSR count). The van der Waals surface area contributed by atoms with Crippen LogP contribution < -0.4 is 5.32 Å². The monoisotopic (exact) mass is 299 g/mol. The Morgan fingerprint density at radius 2 is 2.20 bits per heavy atom. The van der Waals surface area contributed by atoms with Crippen LogP contribution >= 0.6 is 12.4 Å². The predicted molar refractivity (Wildman–Crippen MR) is 78.4 cm³/mol. The molecular formula is C13H18ClN3O3. The minimum atomic E-state index is -0.451. The Morgan fingerprint density at radius 1 is 1.50 bits per heavy atom. The number of benzene rings is 1. The highest BCUT2D eigenvalue weighted by Crippen LogP contribution is 2.23. The van der Waals surface area contributed by atoms with Gasteiger partial charge in [-0.3, -0.25) is 14.9 Å². The summed E-state index contributed by atoms with van der Waals surface area (Å²) in [4.78, 5) is 24.7. The second-order valence-electron chi connectivity index (χ2n) is 4.76. The summed E-state index contributed by atoms with van der Waals surface area (Å²) in [5, 5.41) is 14.1. The molecule has 0 aliphatic carbocycles. The molecule has 1 saturated heterocycles. The maximum atomic E-state index is 12.5. The van der Waals surface area contributed by atoms with Gasteiger partial charge in [-0.1, -0.05) is 6.07 Å². The third kappa shape index (κ3) is 3.08. The smallest absolute Gasteiger partial charge is 0.273 e. The van der Waals surface area contributed by atoms with Crippen molar-refractivity contribution < 1.29 is 9.72 Å². The van der Waals surface area contributed by atoms with Crippen LogP contribution in [0.2, 0.25) is 0 Å². The number of amides is 1. The van der Waals surface area contributed by atoms with Crippen molar-refractivity contribution in [3.8, 4) is 0 Å². The number of halogens is 1. The Morgan fingerprint density at radius 3 is 2.80 bits per heavy atom. The summed E-state index contributed by atoms with van der Waals surface area (Å²) < 4.78 is 0. The molecule has 1 aromatic rings. The first-order valence-corrected chi connectivity index (χ1v) is 6.28. The van der Waals surface area contributed by atoms with Crippen LogP contribution in [0.25, 0.3) is 0 Å². The second kappa shape index (κ2) is 6.67. The Labute approximate surface area is 123 Å². The van der Waals surface area contributed by atoms with Gasteiger partial charge in [0.1, 0.15) is 0 Å². The first-order valence-electron chi connectivity index (χ1n) is 6.28. The molecule has 1 N–H and O–H groups in total. The molecular weight excluding hydrogens is 282 g/mol. The van der Waals surface area contributed by atoms with Crippen molar-refractivity contribution in [2.45, 2.75) is 19.9 Å². The van der Waals surface area contributed by atoms with Gasteiger partial charge in [0.15, 0.2) is 0 Å². The Hall–Kier alpha value is -1.66. The third-order valence-electron chi connectivity index (χ3n) is 3.49. The molecule has 0 radical (unpaired) electrons. The van der Waals surface area contributed by atoms with E-state index in [0.717, 1.165) is 13.1 Å². The fourth-order valence-electron chi connectivity index (χ4n) is 2.35. The zero-order chi connectivity index (χ0) is 14.0. The number of rotatable bonds is 2. The standard InChI is InChI=1S/C13H17N3O3.ClH/c1-9-8-14-6-7-15(9)13(17)11-4-3-5-12(10(11)2)16(18)19;/h3-5,9,14H,6-8H2,1-2H3;1H. The van der Waals surface area contributed by atoms with E-state index in [1.807, 2.05) is 6.92 Å². The van der Waals surface area contributed by atoms with Crippen molar-refractivity contribution in [2.75, 3.05) is 19.6 Å². The first-order chi connectivity index (χ1) is 9.02. The summed E-state index contributed by atoms with van der Waals surface area (Å²) in [7, 11) is 0. The van der Waals surface area contributed by atoms with Crippen LogP contribution in [0.1, 0.15) is 22.8 Å². The molecule has 1 atom stereocenters. The molecule has 20 heavy (non-hydrogen) atoms. The minimum Gasteiger partial charge on any atom is -0.333 e. The molecule has 1 aliphatic heterocycles. The Bertz CT molecular complexity index is 522. The van der Waals surface area contributed by atoms with Crippen molar-refractivity contribution >= 4 is 24.0 Å². The normalized spacial score (nSPS) is 18.3. The van der Waals surface area contributed by atoms with E-state index in [0.29, 0.717) is 17.7 Å². The number of nitrogens with zero attached hydrogens (tertiary/aromatic N) is 2. The molecule has 1 aliphatic rings. The highest BCUT2D eigenvalue weighted by atomic mass is 35.5. The van der Waals surface area contributed by atoms with Gasteiger partial charge in [0.2, 0.25) is 0 Å². The molecule has 6 nitrogen and oxygen atoms in total. The number of piperazine rings is 1. The van der Waals surface area contributed by atoms with Gasteiger partial charge >= 0.3 is 0 Å². The van der Waals surface area contributed by atoms with E-state index in [2.05, 4.69) is 5.32 Å². The molecule has 1 unspecified atom stereocenters. The van der Waals surface area contributed by atoms with E-state index in [9.17, 15) is 14.9 Å². The van der Waals surface area contributed by atoms with Crippen LogP contribution in [0, 0.1) is 17.0 Å². The van der Waals surface area contributed by atoms with Crippen LogP contribution in [0.15, 0.2) is 18.2 Å². The van der Waals surface area contributed by atoms with E-state index in [-0.39, 0.29) is 30.0 Å². The largest absolute Gasteiger partial charge is 0.333 e. The van der Waals surface area contributed by atoms with Crippen molar-refractivity contribution in [3.05, 3.63) is 39.4 Å². The van der Waals surface area contributed by atoms with Crippen LogP contribution in [0.5, 0.6) is 0 Å². The van der Waals surface area contributed by atoms with Crippen LogP contribution in [0.4, 0.5) is 5.69 Å². The molecule has 1 heterocycles. The molecule has 0 aromatic heterocycles. The molecule has 110 valence electrons. The van der Waals surface area contributed by atoms with Crippen molar-refractivity contribution in [2.24, 2.45) is 0 Å². The van der Waals surface area contributed by atoms with E-state index < -0.39 is 4.92 Å². The second-order valence-corrected chi connectivity index (χ2v) is 4.76. The van der Waals surface area contributed by atoms with Gasteiger partial charge in [0, 0.05) is 42.9 Å². The average Bonchev–Trinajstić information content (AvgIpc) is 2.38. The van der Waals surface area contributed by atoms with Crippen LogP contribution in [0.3, 0.4) is 0 Å². The minimum absolute atomic E-state index is 0. The lowest BCUT2D eigenvalue weighted by Gasteiger charge is -2.34. The van der Waals surface area contributed by atoms with Gasteiger partial charge in [0.25, 0.3) is 11.6 Å². The van der Waals surface area contributed by atoms with Gasteiger partial charge in [-0.15, -0.1) is 12.4 Å². The number of nitro groups is 1. The maximum Gasteiger partial charge on any atom is 0.273 e. The van der Waals surface area contributed by atoms with Gasteiger partial charge in [0.05, 0.1) is 4.92 Å². The molecule has 0 saturated carbocycles. The fraction of sp³-hybridized carbons (Fsp3) is 0.462. The third-order valence-corrected chi connectivity index (χ3v) is 3.49. The lowest BCUT2D eigenvalue weighted by molar-refractivity contribution is -0.385. The van der Waals surface area contributed by atoms with E-state index in [1.165, 1.54) is 6.07 Å². The molecule has 1 aromatic carbocycles. The highest BCUT2D eigenvalue weighted by Gasteiger charge is 2.27. The summed E-state index contributed by atoms with van der Waals surface area (Å²) in [6.45, 7) is 5.72. The predicted octanol–water partition coefficient (Wildman–Crippen LogP) is 1.76. The molecule has 0 bridgehead atoms. The Kier molecular flexibility index (Phi) is 5.47. The molecule has 0 spiro atoms. The van der Waals surface area contributed by atoms with Crippen molar-refractivity contribution in [1.29, 1.82) is 0 Å². The SMILES string of the molecule is Cc1c(C(=O)N2CCNCC2C)cccc1[N+](=O)[O-].Cl. The maximum absolute atomic E-state index is 12.5. The summed E-state index contributed by atoms with van der Waals surface area (Å²) in [6.07, 6.45) is 0. The van der Waals surface area contributed by atoms with Crippen LogP contribution in [-0.2, 0) is 0 Å². The summed E-state index contributed by atoms with van der Waals surface area (Å²) in [5.41, 5.74) is 0.847. The summed E-state index contributed by atoms with van der Waals surface area (Å²) in [5.74, 6) is -0.129. The zero-order valence-corrected chi connectivity index (χ0v) is 12.3. The number of carbonyl (C=O) groups is 1. The summed E-state index contributed by atoms with van der Waals surface area (Å²) in [6, 6.07) is 4.73. The highest BCUT2D eigenvalue weighted by molar-refractivity contribution is 5.96. The first kappa shape index (κ1) is 16.4. The number of hydrogen-bond acceptors (Lipinski definition) is 4. The van der Waals surface area contributed by atoms with E-state index >= 15 is 0 Å². The number of carbonyl (C=O) groups excluding carboxylic acids is 1. The van der Waals surface area contributed by atoms with Gasteiger partial charge in [-0.2, -0.15) is 0 Å².